The fourth-order valence-electron chi connectivity index (χ4n) is 2.02. The Bertz CT molecular complexity index is 405. The lowest BCUT2D eigenvalue weighted by molar-refractivity contribution is 0.0907. The largest absolute Gasteiger partial charge is 0.378 e. The van der Waals surface area contributed by atoms with E-state index in [1.807, 2.05) is 0 Å². The molecule has 0 bridgehead atoms. The van der Waals surface area contributed by atoms with Crippen LogP contribution in [0.5, 0.6) is 0 Å². The number of carbonyl (C=O) groups is 1. The van der Waals surface area contributed by atoms with E-state index in [1.165, 1.54) is 0 Å². The second kappa shape index (κ2) is 6.32. The molecule has 18 heavy (non-hydrogen) atoms. The lowest BCUT2D eigenvalue weighted by atomic mass is 10.2. The molecule has 1 amide bonds. The Balaban J connectivity index is 1.83. The number of rotatable bonds is 5. The summed E-state index contributed by atoms with van der Waals surface area (Å²) in [6, 6.07) is 3.39. The molecule has 1 unspecified atom stereocenters. The van der Waals surface area contributed by atoms with E-state index in [4.69, 9.17) is 10.6 Å². The molecule has 1 aromatic rings. The van der Waals surface area contributed by atoms with Gasteiger partial charge in [0.25, 0.3) is 5.91 Å². The van der Waals surface area contributed by atoms with Gasteiger partial charge in [-0.2, -0.15) is 0 Å². The van der Waals surface area contributed by atoms with E-state index in [9.17, 15) is 4.79 Å². The van der Waals surface area contributed by atoms with E-state index in [0.29, 0.717) is 17.9 Å². The number of ether oxygens (including phenoxy) is 1. The van der Waals surface area contributed by atoms with Crippen LogP contribution in [0.2, 0.25) is 0 Å². The van der Waals surface area contributed by atoms with Crippen LogP contribution in [0.15, 0.2) is 18.3 Å². The van der Waals surface area contributed by atoms with Gasteiger partial charge in [0.05, 0.1) is 11.7 Å². The van der Waals surface area contributed by atoms with Crippen LogP contribution in [-0.4, -0.2) is 30.1 Å². The molecule has 2 rings (SSSR count). The van der Waals surface area contributed by atoms with Gasteiger partial charge in [0, 0.05) is 19.3 Å². The van der Waals surface area contributed by atoms with Gasteiger partial charge >= 0.3 is 0 Å². The second-order valence-electron chi connectivity index (χ2n) is 4.22. The lowest BCUT2D eigenvalue weighted by Crippen LogP contribution is -2.28. The van der Waals surface area contributed by atoms with Crippen LogP contribution in [0.1, 0.15) is 29.6 Å². The minimum atomic E-state index is -0.172. The van der Waals surface area contributed by atoms with Gasteiger partial charge < -0.3 is 15.5 Å². The van der Waals surface area contributed by atoms with Crippen LogP contribution in [0, 0.1) is 0 Å². The molecule has 4 N–H and O–H groups in total. The number of hydrogen-bond donors (Lipinski definition) is 3. The molecule has 0 saturated carbocycles. The van der Waals surface area contributed by atoms with E-state index in [1.54, 1.807) is 18.3 Å². The molecule has 0 spiro atoms. The van der Waals surface area contributed by atoms with E-state index >= 15 is 0 Å². The quantitative estimate of drug-likeness (QED) is 0.528. The minimum Gasteiger partial charge on any atom is -0.378 e. The van der Waals surface area contributed by atoms with Crippen molar-refractivity contribution in [3.8, 4) is 0 Å². The zero-order valence-corrected chi connectivity index (χ0v) is 10.2. The topological polar surface area (TPSA) is 89.3 Å². The Labute approximate surface area is 106 Å². The number of nitrogens with two attached hydrogens (primary N) is 1. The summed E-state index contributed by atoms with van der Waals surface area (Å²) >= 11 is 0. The van der Waals surface area contributed by atoms with Crippen LogP contribution >= 0.6 is 0 Å². The summed E-state index contributed by atoms with van der Waals surface area (Å²) in [7, 11) is 0. The Morgan fingerprint density at radius 2 is 2.50 bits per heavy atom. The van der Waals surface area contributed by atoms with Gasteiger partial charge in [-0.25, -0.2) is 10.8 Å². The van der Waals surface area contributed by atoms with Crippen molar-refractivity contribution in [3.63, 3.8) is 0 Å². The van der Waals surface area contributed by atoms with Gasteiger partial charge in [0.1, 0.15) is 0 Å². The molecule has 6 nitrogen and oxygen atoms in total. The maximum atomic E-state index is 11.9. The van der Waals surface area contributed by atoms with Crippen LogP contribution in [-0.2, 0) is 4.74 Å². The van der Waals surface area contributed by atoms with Crippen molar-refractivity contribution >= 4 is 11.7 Å². The number of aromatic nitrogens is 1. The van der Waals surface area contributed by atoms with Gasteiger partial charge in [0.15, 0.2) is 5.82 Å². The van der Waals surface area contributed by atoms with Gasteiger partial charge in [-0.3, -0.25) is 4.79 Å². The number of nitrogens with zero attached hydrogens (tertiary/aromatic N) is 1. The molecule has 1 fully saturated rings. The Morgan fingerprint density at radius 1 is 1.61 bits per heavy atom. The predicted molar refractivity (Wildman–Crippen MR) is 68.0 cm³/mol. The molecule has 1 aliphatic heterocycles. The first-order valence-electron chi connectivity index (χ1n) is 6.12. The molecule has 2 heterocycles. The third-order valence-corrected chi connectivity index (χ3v) is 2.96. The molecule has 6 heteroatoms. The summed E-state index contributed by atoms with van der Waals surface area (Å²) in [5, 5.41) is 2.85. The number of nitrogens with one attached hydrogen (secondary N) is 2. The van der Waals surface area contributed by atoms with Crippen molar-refractivity contribution in [3.05, 3.63) is 23.9 Å². The first-order valence-corrected chi connectivity index (χ1v) is 6.12. The number of hydrogen-bond acceptors (Lipinski definition) is 5. The van der Waals surface area contributed by atoms with Crippen LogP contribution < -0.4 is 16.6 Å². The molecular formula is C12H18N4O2. The number of amides is 1. The summed E-state index contributed by atoms with van der Waals surface area (Å²) in [5.74, 6) is 5.51. The third kappa shape index (κ3) is 3.18. The monoisotopic (exact) mass is 250 g/mol. The van der Waals surface area contributed by atoms with Crippen LogP contribution in [0.4, 0.5) is 5.82 Å². The average molecular weight is 250 g/mol. The fraction of sp³-hybridized carbons (Fsp3) is 0.500. The molecule has 1 aliphatic rings. The van der Waals surface area contributed by atoms with Gasteiger partial charge in [0.2, 0.25) is 0 Å². The SMILES string of the molecule is NNc1ncccc1C(=O)NCCC1CCCO1. The summed E-state index contributed by atoms with van der Waals surface area (Å²) in [6.45, 7) is 1.44. The molecule has 1 atom stereocenters. The number of hydrazine groups is 1. The Morgan fingerprint density at radius 3 is 3.22 bits per heavy atom. The highest BCUT2D eigenvalue weighted by molar-refractivity contribution is 5.98. The second-order valence-corrected chi connectivity index (χ2v) is 4.22. The number of carbonyl (C=O) groups excluding carboxylic acids is 1. The molecule has 0 aromatic carbocycles. The first kappa shape index (κ1) is 12.8. The van der Waals surface area contributed by atoms with Gasteiger partial charge in [-0.15, -0.1) is 0 Å². The maximum Gasteiger partial charge on any atom is 0.255 e. The van der Waals surface area contributed by atoms with E-state index in [2.05, 4.69) is 15.7 Å². The number of nitrogen functional groups attached to an aromatic ring is 1. The lowest BCUT2D eigenvalue weighted by Gasteiger charge is -2.11. The van der Waals surface area contributed by atoms with E-state index < -0.39 is 0 Å². The van der Waals surface area contributed by atoms with Gasteiger partial charge in [-0.05, 0) is 31.4 Å². The molecule has 0 radical (unpaired) electrons. The normalized spacial score (nSPS) is 18.6. The Kier molecular flexibility index (Phi) is 4.49. The zero-order chi connectivity index (χ0) is 12.8. The van der Waals surface area contributed by atoms with Crippen molar-refractivity contribution in [2.75, 3.05) is 18.6 Å². The summed E-state index contributed by atoms with van der Waals surface area (Å²) in [4.78, 5) is 15.9. The van der Waals surface area contributed by atoms with E-state index in [-0.39, 0.29) is 12.0 Å². The molecule has 1 aromatic heterocycles. The zero-order valence-electron chi connectivity index (χ0n) is 10.2. The summed E-state index contributed by atoms with van der Waals surface area (Å²) < 4.78 is 5.49. The predicted octanol–water partition coefficient (Wildman–Crippen LogP) is 0.666. The minimum absolute atomic E-state index is 0.172. The summed E-state index contributed by atoms with van der Waals surface area (Å²) in [5.41, 5.74) is 2.86. The number of pyridine rings is 1. The highest BCUT2D eigenvalue weighted by Crippen LogP contribution is 2.14. The first-order chi connectivity index (χ1) is 8.81. The molecule has 1 saturated heterocycles. The fourth-order valence-corrected chi connectivity index (χ4v) is 2.02. The molecular weight excluding hydrogens is 232 g/mol. The van der Waals surface area contributed by atoms with Crippen molar-refractivity contribution in [2.45, 2.75) is 25.4 Å². The number of anilines is 1. The van der Waals surface area contributed by atoms with E-state index in [0.717, 1.165) is 25.9 Å². The summed E-state index contributed by atoms with van der Waals surface area (Å²) in [6.07, 6.45) is 4.91. The van der Waals surface area contributed by atoms with Crippen molar-refractivity contribution in [2.24, 2.45) is 5.84 Å². The maximum absolute atomic E-state index is 11.9. The van der Waals surface area contributed by atoms with Crippen molar-refractivity contribution in [1.82, 2.24) is 10.3 Å². The van der Waals surface area contributed by atoms with Crippen LogP contribution in [0.3, 0.4) is 0 Å². The highest BCUT2D eigenvalue weighted by atomic mass is 16.5. The molecule has 98 valence electrons. The third-order valence-electron chi connectivity index (χ3n) is 2.96. The standard InChI is InChI=1S/C12H18N4O2/c13-16-11-10(4-1-6-14-11)12(17)15-7-5-9-3-2-8-18-9/h1,4,6,9H,2-3,5,7-8,13H2,(H,14,16)(H,15,17). The smallest absolute Gasteiger partial charge is 0.255 e. The molecule has 0 aliphatic carbocycles. The van der Waals surface area contributed by atoms with Gasteiger partial charge in [-0.1, -0.05) is 0 Å². The van der Waals surface area contributed by atoms with Crippen molar-refractivity contribution in [1.29, 1.82) is 0 Å². The Hall–Kier alpha value is -1.66. The van der Waals surface area contributed by atoms with Crippen molar-refractivity contribution < 1.29 is 9.53 Å². The average Bonchev–Trinajstić information content (AvgIpc) is 2.91. The van der Waals surface area contributed by atoms with Crippen LogP contribution in [0.25, 0.3) is 0 Å². The highest BCUT2D eigenvalue weighted by Gasteiger charge is 2.16.